The quantitative estimate of drug-likeness (QED) is 0.877. The van der Waals surface area contributed by atoms with E-state index in [0.717, 1.165) is 22.4 Å². The lowest BCUT2D eigenvalue weighted by atomic mass is 10.2. The molecule has 0 spiro atoms. The van der Waals surface area contributed by atoms with E-state index in [1.807, 2.05) is 32.4 Å². The number of aryl methyl sites for hydroxylation is 2. The van der Waals surface area contributed by atoms with Crippen molar-refractivity contribution in [2.75, 3.05) is 6.61 Å². The first kappa shape index (κ1) is 14.7. The van der Waals surface area contributed by atoms with Gasteiger partial charge < -0.3 is 9.84 Å². The zero-order chi connectivity index (χ0) is 13.0. The summed E-state index contributed by atoms with van der Waals surface area (Å²) in [4.78, 5) is 0. The molecule has 1 heterocycles. The Bertz CT molecular complexity index is 364. The van der Waals surface area contributed by atoms with E-state index in [4.69, 9.17) is 4.74 Å². The van der Waals surface area contributed by atoms with Gasteiger partial charge in [-0.1, -0.05) is 0 Å². The van der Waals surface area contributed by atoms with E-state index in [9.17, 15) is 5.11 Å². The van der Waals surface area contributed by atoms with Crippen molar-refractivity contribution in [1.82, 2.24) is 9.78 Å². The van der Waals surface area contributed by atoms with Gasteiger partial charge in [-0.25, -0.2) is 0 Å². The van der Waals surface area contributed by atoms with Crippen LogP contribution >= 0.6 is 15.9 Å². The maximum atomic E-state index is 9.92. The molecule has 0 amide bonds. The normalized spacial score (nSPS) is 13.4. The Labute approximate surface area is 111 Å². The van der Waals surface area contributed by atoms with Gasteiger partial charge in [-0.3, -0.25) is 4.68 Å². The summed E-state index contributed by atoms with van der Waals surface area (Å²) in [6.45, 7) is 9.08. The highest BCUT2D eigenvalue weighted by Gasteiger charge is 2.16. The standard InChI is InChI=1S/C12H21BrN2O2/c1-5-15-11(12(13)9(4)14-15)6-10(16)7-17-8(2)3/h8,10,16H,5-7H2,1-4H3. The van der Waals surface area contributed by atoms with Crippen molar-refractivity contribution in [1.29, 1.82) is 0 Å². The van der Waals surface area contributed by atoms with E-state index in [-0.39, 0.29) is 6.10 Å². The molecule has 1 aromatic heterocycles. The monoisotopic (exact) mass is 304 g/mol. The van der Waals surface area contributed by atoms with Gasteiger partial charge in [0.2, 0.25) is 0 Å². The fourth-order valence-corrected chi connectivity index (χ4v) is 2.10. The molecule has 1 N–H and O–H groups in total. The predicted octanol–water partition coefficient (Wildman–Crippen LogP) is 2.30. The summed E-state index contributed by atoms with van der Waals surface area (Å²) >= 11 is 3.52. The van der Waals surface area contributed by atoms with Crippen molar-refractivity contribution < 1.29 is 9.84 Å². The average molecular weight is 305 g/mol. The van der Waals surface area contributed by atoms with E-state index in [1.54, 1.807) is 0 Å². The van der Waals surface area contributed by atoms with E-state index in [0.29, 0.717) is 13.0 Å². The van der Waals surface area contributed by atoms with Crippen molar-refractivity contribution in [3.63, 3.8) is 0 Å². The molecule has 17 heavy (non-hydrogen) atoms. The molecule has 5 heteroatoms. The minimum absolute atomic E-state index is 0.144. The van der Waals surface area contributed by atoms with Crippen LogP contribution in [0.1, 0.15) is 32.2 Å². The molecule has 0 bridgehead atoms. The average Bonchev–Trinajstić information content (AvgIpc) is 2.54. The lowest BCUT2D eigenvalue weighted by Crippen LogP contribution is -2.22. The van der Waals surface area contributed by atoms with Crippen LogP contribution < -0.4 is 0 Å². The summed E-state index contributed by atoms with van der Waals surface area (Å²) in [6.07, 6.45) is 0.211. The molecule has 0 saturated carbocycles. The Kier molecular flexibility index (Phi) is 5.62. The fourth-order valence-electron chi connectivity index (χ4n) is 1.65. The van der Waals surface area contributed by atoms with Crippen LogP contribution in [0, 0.1) is 6.92 Å². The second-order valence-electron chi connectivity index (χ2n) is 4.40. The van der Waals surface area contributed by atoms with Gasteiger partial charge in [-0.05, 0) is 43.6 Å². The predicted molar refractivity (Wildman–Crippen MR) is 71.1 cm³/mol. The molecule has 0 aliphatic heterocycles. The van der Waals surface area contributed by atoms with Crippen molar-refractivity contribution in [2.45, 2.75) is 52.9 Å². The molecule has 0 aromatic carbocycles. The molecule has 0 fully saturated rings. The Morgan fingerprint density at radius 2 is 2.12 bits per heavy atom. The van der Waals surface area contributed by atoms with Crippen molar-refractivity contribution in [3.05, 3.63) is 15.9 Å². The Morgan fingerprint density at radius 1 is 1.47 bits per heavy atom. The maximum Gasteiger partial charge on any atom is 0.0829 e. The van der Waals surface area contributed by atoms with Crippen LogP contribution in [-0.2, 0) is 17.7 Å². The summed E-state index contributed by atoms with van der Waals surface area (Å²) in [6, 6.07) is 0. The van der Waals surface area contributed by atoms with Crippen LogP contribution in [0.15, 0.2) is 4.47 Å². The van der Waals surface area contributed by atoms with Gasteiger partial charge in [0.05, 0.1) is 34.7 Å². The van der Waals surface area contributed by atoms with Crippen LogP contribution in [0.2, 0.25) is 0 Å². The molecule has 1 atom stereocenters. The van der Waals surface area contributed by atoms with Gasteiger partial charge in [-0.15, -0.1) is 0 Å². The first-order valence-electron chi connectivity index (χ1n) is 5.97. The Morgan fingerprint density at radius 3 is 2.65 bits per heavy atom. The number of aliphatic hydroxyl groups is 1. The number of ether oxygens (including phenoxy) is 1. The molecular weight excluding hydrogens is 284 g/mol. The van der Waals surface area contributed by atoms with E-state index in [1.165, 1.54) is 0 Å². The van der Waals surface area contributed by atoms with E-state index in [2.05, 4.69) is 21.0 Å². The van der Waals surface area contributed by atoms with Crippen molar-refractivity contribution >= 4 is 15.9 Å². The zero-order valence-corrected chi connectivity index (χ0v) is 12.5. The summed E-state index contributed by atoms with van der Waals surface area (Å²) in [5.74, 6) is 0. The third kappa shape index (κ3) is 4.08. The zero-order valence-electron chi connectivity index (χ0n) is 10.9. The number of nitrogens with zero attached hydrogens (tertiary/aromatic N) is 2. The first-order valence-corrected chi connectivity index (χ1v) is 6.76. The van der Waals surface area contributed by atoms with Crippen LogP contribution in [0.4, 0.5) is 0 Å². The van der Waals surface area contributed by atoms with Crippen LogP contribution in [0.25, 0.3) is 0 Å². The van der Waals surface area contributed by atoms with Gasteiger partial charge in [0.1, 0.15) is 0 Å². The summed E-state index contributed by atoms with van der Waals surface area (Å²) < 4.78 is 8.30. The SMILES string of the molecule is CCn1nc(C)c(Br)c1CC(O)COC(C)C. The molecule has 0 radical (unpaired) electrons. The molecule has 0 saturated heterocycles. The fraction of sp³-hybridized carbons (Fsp3) is 0.750. The lowest BCUT2D eigenvalue weighted by Gasteiger charge is -2.14. The van der Waals surface area contributed by atoms with Gasteiger partial charge in [0, 0.05) is 13.0 Å². The topological polar surface area (TPSA) is 47.3 Å². The van der Waals surface area contributed by atoms with E-state index >= 15 is 0 Å². The van der Waals surface area contributed by atoms with Crippen molar-refractivity contribution in [2.24, 2.45) is 0 Å². The first-order chi connectivity index (χ1) is 7.95. The second kappa shape index (κ2) is 6.52. The van der Waals surface area contributed by atoms with Gasteiger partial charge >= 0.3 is 0 Å². The molecule has 0 aliphatic carbocycles. The van der Waals surface area contributed by atoms with E-state index < -0.39 is 6.10 Å². The summed E-state index contributed by atoms with van der Waals surface area (Å²) in [5.41, 5.74) is 1.99. The molecule has 1 aromatic rings. The summed E-state index contributed by atoms with van der Waals surface area (Å²) in [7, 11) is 0. The van der Waals surface area contributed by atoms with Gasteiger partial charge in [0.25, 0.3) is 0 Å². The number of rotatable bonds is 6. The minimum atomic E-state index is -0.491. The third-order valence-corrected chi connectivity index (χ3v) is 3.54. The smallest absolute Gasteiger partial charge is 0.0829 e. The number of halogens is 1. The second-order valence-corrected chi connectivity index (χ2v) is 5.19. The highest BCUT2D eigenvalue weighted by Crippen LogP contribution is 2.22. The molecule has 1 rings (SSSR count). The molecule has 0 aliphatic rings. The van der Waals surface area contributed by atoms with Crippen LogP contribution in [0.5, 0.6) is 0 Å². The number of aromatic nitrogens is 2. The molecular formula is C12H21BrN2O2. The number of hydrogen-bond donors (Lipinski definition) is 1. The highest BCUT2D eigenvalue weighted by atomic mass is 79.9. The minimum Gasteiger partial charge on any atom is -0.390 e. The molecule has 98 valence electrons. The third-order valence-electron chi connectivity index (χ3n) is 2.50. The maximum absolute atomic E-state index is 9.92. The molecule has 1 unspecified atom stereocenters. The number of aliphatic hydroxyl groups excluding tert-OH is 1. The summed E-state index contributed by atoms with van der Waals surface area (Å²) in [5, 5.41) is 14.3. The van der Waals surface area contributed by atoms with Crippen LogP contribution in [0.3, 0.4) is 0 Å². The van der Waals surface area contributed by atoms with Gasteiger partial charge in [0.15, 0.2) is 0 Å². The molecule has 4 nitrogen and oxygen atoms in total. The highest BCUT2D eigenvalue weighted by molar-refractivity contribution is 9.10. The largest absolute Gasteiger partial charge is 0.390 e. The Balaban J connectivity index is 2.67. The van der Waals surface area contributed by atoms with Gasteiger partial charge in [-0.2, -0.15) is 5.10 Å². The number of hydrogen-bond acceptors (Lipinski definition) is 3. The van der Waals surface area contributed by atoms with Crippen molar-refractivity contribution in [3.8, 4) is 0 Å². The Hall–Kier alpha value is -0.390. The van der Waals surface area contributed by atoms with Crippen LogP contribution in [-0.4, -0.2) is 33.7 Å². The lowest BCUT2D eigenvalue weighted by molar-refractivity contribution is 0.00544.